The van der Waals surface area contributed by atoms with Crippen LogP contribution in [0, 0.1) is 0 Å². The van der Waals surface area contributed by atoms with Gasteiger partial charge in [-0.2, -0.15) is 8.42 Å². The molecule has 0 aliphatic carbocycles. The van der Waals surface area contributed by atoms with E-state index in [2.05, 4.69) is 16.3 Å². The summed E-state index contributed by atoms with van der Waals surface area (Å²) >= 11 is 1.73. The van der Waals surface area contributed by atoms with Crippen LogP contribution in [0.1, 0.15) is 24.1 Å². The Hall–Kier alpha value is -0.990. The summed E-state index contributed by atoms with van der Waals surface area (Å²) < 4.78 is 35.0. The maximum absolute atomic E-state index is 13.1. The minimum atomic E-state index is -4.62. The second-order valence-electron chi connectivity index (χ2n) is 5.93. The van der Waals surface area contributed by atoms with E-state index < -0.39 is 15.5 Å². The van der Waals surface area contributed by atoms with Gasteiger partial charge in [-0.05, 0) is 24.3 Å². The van der Waals surface area contributed by atoms with Crippen molar-refractivity contribution >= 4 is 27.5 Å². The van der Waals surface area contributed by atoms with Gasteiger partial charge in [0.15, 0.2) is 0 Å². The summed E-state index contributed by atoms with van der Waals surface area (Å²) in [5.74, 6) is -0.233. The number of thiophene rings is 1. The topological polar surface area (TPSA) is 57.7 Å². The molecule has 2 fully saturated rings. The molecule has 2 saturated heterocycles. The highest BCUT2D eigenvalue weighted by Gasteiger charge is 2.41. The first kappa shape index (κ1) is 15.9. The normalized spacial score (nSPS) is 25.0. The van der Waals surface area contributed by atoms with E-state index in [9.17, 15) is 17.1 Å². The van der Waals surface area contributed by atoms with Crippen LogP contribution in [0.4, 0.5) is 3.89 Å². The van der Waals surface area contributed by atoms with Crippen LogP contribution in [-0.4, -0.2) is 55.1 Å². The number of halogens is 1. The fraction of sp³-hybridized carbons (Fsp3) is 0.643. The second kappa shape index (κ2) is 6.25. The molecule has 1 aromatic rings. The number of likely N-dealkylation sites (tertiary alicyclic amines) is 2. The molecular weight excluding hydrogens is 327 g/mol. The number of carbonyl (C=O) groups excluding carboxylic acids is 1. The van der Waals surface area contributed by atoms with E-state index in [-0.39, 0.29) is 24.9 Å². The number of piperidine rings is 1. The van der Waals surface area contributed by atoms with Gasteiger partial charge in [0.1, 0.15) is 5.25 Å². The van der Waals surface area contributed by atoms with Crippen molar-refractivity contribution in [3.05, 3.63) is 22.4 Å². The molecule has 3 heterocycles. The highest BCUT2D eigenvalue weighted by molar-refractivity contribution is 7.87. The van der Waals surface area contributed by atoms with Gasteiger partial charge < -0.3 is 4.90 Å². The highest BCUT2D eigenvalue weighted by atomic mass is 32.3. The standard InChI is InChI=1S/C14H19FN2O3S2/c15-22(19,20)13-8-14(18)17(10-13)11-3-5-16(6-4-11)9-12-2-1-7-21-12/h1-2,7,11,13H,3-6,8-10H2. The lowest BCUT2D eigenvalue weighted by Crippen LogP contribution is -2.45. The molecule has 0 aromatic carbocycles. The number of hydrogen-bond donors (Lipinski definition) is 0. The van der Waals surface area contributed by atoms with E-state index in [1.807, 2.05) is 6.07 Å². The van der Waals surface area contributed by atoms with E-state index in [0.29, 0.717) is 0 Å². The smallest absolute Gasteiger partial charge is 0.307 e. The molecule has 0 saturated carbocycles. The van der Waals surface area contributed by atoms with E-state index in [0.717, 1.165) is 32.5 Å². The number of carbonyl (C=O) groups is 1. The lowest BCUT2D eigenvalue weighted by atomic mass is 10.0. The third-order valence-electron chi connectivity index (χ3n) is 4.48. The number of hydrogen-bond acceptors (Lipinski definition) is 5. The molecule has 2 aliphatic rings. The first-order valence-electron chi connectivity index (χ1n) is 7.41. The van der Waals surface area contributed by atoms with Crippen molar-refractivity contribution < 1.29 is 17.1 Å². The van der Waals surface area contributed by atoms with Crippen LogP contribution >= 0.6 is 11.3 Å². The average Bonchev–Trinajstić information content (AvgIpc) is 3.09. The van der Waals surface area contributed by atoms with Gasteiger partial charge in [-0.25, -0.2) is 0 Å². The molecule has 22 heavy (non-hydrogen) atoms. The Labute approximate surface area is 133 Å². The molecule has 0 bridgehead atoms. The first-order valence-corrected chi connectivity index (χ1v) is 9.74. The van der Waals surface area contributed by atoms with Gasteiger partial charge in [0.2, 0.25) is 5.91 Å². The Bertz CT molecular complexity index is 625. The second-order valence-corrected chi connectivity index (χ2v) is 8.58. The molecule has 1 unspecified atom stereocenters. The third kappa shape index (κ3) is 3.49. The van der Waals surface area contributed by atoms with E-state index in [4.69, 9.17) is 0 Å². The summed E-state index contributed by atoms with van der Waals surface area (Å²) in [5, 5.41) is 0.881. The van der Waals surface area contributed by atoms with Gasteiger partial charge in [-0.1, -0.05) is 6.07 Å². The van der Waals surface area contributed by atoms with Crippen molar-refractivity contribution in [1.29, 1.82) is 0 Å². The minimum absolute atomic E-state index is 0.00720. The summed E-state index contributed by atoms with van der Waals surface area (Å²) in [7, 11) is -4.62. The minimum Gasteiger partial charge on any atom is -0.338 e. The number of nitrogens with zero attached hydrogens (tertiary/aromatic N) is 2. The molecule has 1 atom stereocenters. The van der Waals surface area contributed by atoms with Crippen molar-refractivity contribution in [1.82, 2.24) is 9.80 Å². The fourth-order valence-electron chi connectivity index (χ4n) is 3.25. The Morgan fingerprint density at radius 3 is 2.59 bits per heavy atom. The molecular formula is C14H19FN2O3S2. The highest BCUT2D eigenvalue weighted by Crippen LogP contribution is 2.27. The molecule has 1 amide bonds. The molecule has 0 spiro atoms. The van der Waals surface area contributed by atoms with Crippen molar-refractivity contribution in [2.75, 3.05) is 19.6 Å². The van der Waals surface area contributed by atoms with Crippen molar-refractivity contribution in [2.24, 2.45) is 0 Å². The van der Waals surface area contributed by atoms with Crippen LogP contribution in [0.3, 0.4) is 0 Å². The van der Waals surface area contributed by atoms with Crippen LogP contribution in [0.5, 0.6) is 0 Å². The predicted octanol–water partition coefficient (Wildman–Crippen LogP) is 1.61. The monoisotopic (exact) mass is 346 g/mol. The van der Waals surface area contributed by atoms with E-state index in [1.165, 1.54) is 4.88 Å². The van der Waals surface area contributed by atoms with Gasteiger partial charge in [0.05, 0.1) is 0 Å². The van der Waals surface area contributed by atoms with Crippen LogP contribution in [0.25, 0.3) is 0 Å². The Kier molecular flexibility index (Phi) is 4.52. The van der Waals surface area contributed by atoms with Crippen LogP contribution in [0.2, 0.25) is 0 Å². The average molecular weight is 346 g/mol. The van der Waals surface area contributed by atoms with Crippen LogP contribution in [0.15, 0.2) is 17.5 Å². The fourth-order valence-corrected chi connectivity index (χ4v) is 4.68. The molecule has 0 N–H and O–H groups in total. The molecule has 8 heteroatoms. The quantitative estimate of drug-likeness (QED) is 0.778. The summed E-state index contributed by atoms with van der Waals surface area (Å²) in [6.07, 6.45) is 1.42. The van der Waals surface area contributed by atoms with Crippen LogP contribution < -0.4 is 0 Å². The summed E-state index contributed by atoms with van der Waals surface area (Å²) in [5.41, 5.74) is 0. The number of rotatable bonds is 4. The van der Waals surface area contributed by atoms with Gasteiger partial charge in [0, 0.05) is 43.5 Å². The lowest BCUT2D eigenvalue weighted by molar-refractivity contribution is -0.130. The zero-order chi connectivity index (χ0) is 15.7. The first-order chi connectivity index (χ1) is 10.4. The van der Waals surface area contributed by atoms with Gasteiger partial charge in [-0.15, -0.1) is 15.2 Å². The van der Waals surface area contributed by atoms with Gasteiger partial charge >= 0.3 is 10.2 Å². The molecule has 122 valence electrons. The zero-order valence-corrected chi connectivity index (χ0v) is 13.8. The van der Waals surface area contributed by atoms with E-state index >= 15 is 0 Å². The Balaban J connectivity index is 1.54. The molecule has 5 nitrogen and oxygen atoms in total. The zero-order valence-electron chi connectivity index (χ0n) is 12.2. The SMILES string of the molecule is O=C1CC(S(=O)(=O)F)CN1C1CCN(Cc2cccs2)CC1. The molecule has 0 radical (unpaired) electrons. The maximum atomic E-state index is 13.1. The Morgan fingerprint density at radius 2 is 2.05 bits per heavy atom. The summed E-state index contributed by atoms with van der Waals surface area (Å²) in [4.78, 5) is 17.2. The van der Waals surface area contributed by atoms with Crippen molar-refractivity contribution in [3.8, 4) is 0 Å². The van der Waals surface area contributed by atoms with E-state index in [1.54, 1.807) is 16.2 Å². The van der Waals surface area contributed by atoms with Gasteiger partial charge in [-0.3, -0.25) is 9.69 Å². The molecule has 1 aromatic heterocycles. The maximum Gasteiger partial charge on any atom is 0.307 e. The summed E-state index contributed by atoms with van der Waals surface area (Å²) in [6, 6.07) is 4.18. The predicted molar refractivity (Wildman–Crippen MR) is 82.8 cm³/mol. The van der Waals surface area contributed by atoms with Crippen molar-refractivity contribution in [2.45, 2.75) is 37.1 Å². The van der Waals surface area contributed by atoms with Crippen LogP contribution in [-0.2, 0) is 21.6 Å². The number of amides is 1. The lowest BCUT2D eigenvalue weighted by Gasteiger charge is -2.36. The molecule has 3 rings (SSSR count). The molecule has 2 aliphatic heterocycles. The Morgan fingerprint density at radius 1 is 1.32 bits per heavy atom. The van der Waals surface area contributed by atoms with Crippen molar-refractivity contribution in [3.63, 3.8) is 0 Å². The van der Waals surface area contributed by atoms with Gasteiger partial charge in [0.25, 0.3) is 0 Å². The largest absolute Gasteiger partial charge is 0.338 e. The third-order valence-corrected chi connectivity index (χ3v) is 6.45. The summed E-state index contributed by atoms with van der Waals surface area (Å²) in [6.45, 7) is 2.67.